The molecule has 0 atom stereocenters. The van der Waals surface area contributed by atoms with Crippen LogP contribution in [-0.4, -0.2) is 41.2 Å². The van der Waals surface area contributed by atoms with Crippen LogP contribution in [0.5, 0.6) is 5.75 Å². The molecule has 0 amide bonds. The summed E-state index contributed by atoms with van der Waals surface area (Å²) in [5.74, 6) is 0.857. The Morgan fingerprint density at radius 3 is 2.79 bits per heavy atom. The van der Waals surface area contributed by atoms with Crippen LogP contribution in [-0.2, 0) is 6.54 Å². The topological polar surface area (TPSA) is 33.2 Å². The normalized spacial score (nSPS) is 16.3. The van der Waals surface area contributed by atoms with E-state index in [-0.39, 0.29) is 0 Å². The van der Waals surface area contributed by atoms with E-state index in [0.717, 1.165) is 34.6 Å². The minimum absolute atomic E-state index is 0.794. The molecule has 0 aliphatic carbocycles. The summed E-state index contributed by atoms with van der Waals surface area (Å²) >= 11 is 5.42. The molecule has 0 unspecified atom stereocenters. The van der Waals surface area contributed by atoms with E-state index in [0.29, 0.717) is 0 Å². The molecule has 1 saturated heterocycles. The molecule has 0 radical (unpaired) electrons. The second kappa shape index (κ2) is 5.35. The molecule has 2 heterocycles. The first-order valence-corrected chi connectivity index (χ1v) is 7.17. The van der Waals surface area contributed by atoms with Gasteiger partial charge < -0.3 is 19.2 Å². The molecule has 5 heteroatoms. The number of aromatic amines is 1. The number of imidazole rings is 1. The number of nitrogens with one attached hydrogen (secondary N) is 1. The average Bonchev–Trinajstić information content (AvgIpc) is 3.02. The van der Waals surface area contributed by atoms with Gasteiger partial charge in [0.05, 0.1) is 18.1 Å². The highest BCUT2D eigenvalue weighted by Crippen LogP contribution is 2.20. The Morgan fingerprint density at radius 1 is 1.26 bits per heavy atom. The quantitative estimate of drug-likeness (QED) is 0.872. The van der Waals surface area contributed by atoms with Crippen molar-refractivity contribution in [3.63, 3.8) is 0 Å². The molecule has 1 aromatic heterocycles. The third kappa shape index (κ3) is 2.53. The molecule has 0 spiro atoms. The highest BCUT2D eigenvalue weighted by molar-refractivity contribution is 7.71. The van der Waals surface area contributed by atoms with Gasteiger partial charge in [-0.3, -0.25) is 0 Å². The number of rotatable bonds is 4. The number of fused-ring (bicyclic) bond motifs is 1. The van der Waals surface area contributed by atoms with Gasteiger partial charge in [0.15, 0.2) is 4.77 Å². The van der Waals surface area contributed by atoms with Crippen LogP contribution in [0.25, 0.3) is 11.0 Å². The van der Waals surface area contributed by atoms with E-state index in [2.05, 4.69) is 20.5 Å². The fourth-order valence-corrected chi connectivity index (χ4v) is 3.04. The highest BCUT2D eigenvalue weighted by Gasteiger charge is 2.12. The second-order valence-electron chi connectivity index (χ2n) is 5.01. The van der Waals surface area contributed by atoms with Gasteiger partial charge in [0, 0.05) is 19.2 Å². The lowest BCUT2D eigenvalue weighted by atomic mass is 10.3. The van der Waals surface area contributed by atoms with Crippen LogP contribution in [0.4, 0.5) is 0 Å². The van der Waals surface area contributed by atoms with Crippen LogP contribution in [0.2, 0.25) is 0 Å². The number of methoxy groups -OCH3 is 1. The van der Waals surface area contributed by atoms with Gasteiger partial charge in [-0.2, -0.15) is 0 Å². The monoisotopic (exact) mass is 277 g/mol. The van der Waals surface area contributed by atoms with E-state index in [1.54, 1.807) is 7.11 Å². The third-order valence-electron chi connectivity index (χ3n) is 3.82. The van der Waals surface area contributed by atoms with E-state index in [9.17, 15) is 0 Å². The second-order valence-corrected chi connectivity index (χ2v) is 5.40. The summed E-state index contributed by atoms with van der Waals surface area (Å²) in [4.78, 5) is 5.76. The number of hydrogen-bond donors (Lipinski definition) is 1. The van der Waals surface area contributed by atoms with E-state index < -0.39 is 0 Å². The largest absolute Gasteiger partial charge is 0.497 e. The van der Waals surface area contributed by atoms with Crippen LogP contribution in [0.3, 0.4) is 0 Å². The van der Waals surface area contributed by atoms with E-state index in [1.807, 2.05) is 12.1 Å². The van der Waals surface area contributed by atoms with Crippen molar-refractivity contribution in [3.05, 3.63) is 23.0 Å². The van der Waals surface area contributed by atoms with Crippen molar-refractivity contribution >= 4 is 23.3 Å². The zero-order chi connectivity index (χ0) is 13.2. The number of hydrogen-bond acceptors (Lipinski definition) is 3. The number of nitrogens with zero attached hydrogens (tertiary/aromatic N) is 2. The smallest absolute Gasteiger partial charge is 0.178 e. The van der Waals surface area contributed by atoms with E-state index in [1.165, 1.54) is 25.9 Å². The SMILES string of the molecule is COc1ccc2c(c1)[nH]c(=S)n2CCN1CCCC1. The first-order valence-electron chi connectivity index (χ1n) is 6.77. The Labute approximate surface area is 118 Å². The summed E-state index contributed by atoms with van der Waals surface area (Å²) in [7, 11) is 1.68. The molecule has 2 aromatic rings. The first kappa shape index (κ1) is 12.7. The molecular weight excluding hydrogens is 258 g/mol. The van der Waals surface area contributed by atoms with Gasteiger partial charge in [0.1, 0.15) is 5.75 Å². The van der Waals surface area contributed by atoms with E-state index in [4.69, 9.17) is 17.0 Å². The minimum atomic E-state index is 0.794. The van der Waals surface area contributed by atoms with Gasteiger partial charge >= 0.3 is 0 Å². The van der Waals surface area contributed by atoms with Gasteiger partial charge in [-0.05, 0) is 50.3 Å². The molecule has 1 aromatic carbocycles. The third-order valence-corrected chi connectivity index (χ3v) is 4.14. The van der Waals surface area contributed by atoms with Gasteiger partial charge in [-0.25, -0.2) is 0 Å². The van der Waals surface area contributed by atoms with Gasteiger partial charge in [-0.1, -0.05) is 0 Å². The van der Waals surface area contributed by atoms with Crippen molar-refractivity contribution in [2.45, 2.75) is 19.4 Å². The summed E-state index contributed by atoms with van der Waals surface area (Å²) in [6.07, 6.45) is 2.66. The van der Waals surface area contributed by atoms with Gasteiger partial charge in [-0.15, -0.1) is 0 Å². The standard InChI is InChI=1S/C14H19N3OS/c1-18-11-4-5-13-12(10-11)15-14(19)17(13)9-8-16-6-2-3-7-16/h4-5,10H,2-3,6-9H2,1H3,(H,15,19). The average molecular weight is 277 g/mol. The number of aromatic nitrogens is 2. The molecule has 0 bridgehead atoms. The molecule has 0 saturated carbocycles. The fraction of sp³-hybridized carbons (Fsp3) is 0.500. The fourth-order valence-electron chi connectivity index (χ4n) is 2.74. The van der Waals surface area contributed by atoms with Gasteiger partial charge in [0.25, 0.3) is 0 Å². The summed E-state index contributed by atoms with van der Waals surface area (Å²) in [5, 5.41) is 0. The van der Waals surface area contributed by atoms with Crippen molar-refractivity contribution in [3.8, 4) is 5.75 Å². The van der Waals surface area contributed by atoms with Crippen molar-refractivity contribution in [2.75, 3.05) is 26.7 Å². The lowest BCUT2D eigenvalue weighted by molar-refractivity contribution is 0.323. The molecule has 4 nitrogen and oxygen atoms in total. The Balaban J connectivity index is 1.85. The van der Waals surface area contributed by atoms with Crippen LogP contribution >= 0.6 is 12.2 Å². The molecular formula is C14H19N3OS. The van der Waals surface area contributed by atoms with Crippen molar-refractivity contribution in [1.29, 1.82) is 0 Å². The zero-order valence-corrected chi connectivity index (χ0v) is 12.0. The Hall–Kier alpha value is -1.33. The minimum Gasteiger partial charge on any atom is -0.497 e. The van der Waals surface area contributed by atoms with Crippen molar-refractivity contribution < 1.29 is 4.74 Å². The maximum absolute atomic E-state index is 5.42. The van der Waals surface area contributed by atoms with Crippen LogP contribution in [0, 0.1) is 4.77 Å². The van der Waals surface area contributed by atoms with Crippen molar-refractivity contribution in [1.82, 2.24) is 14.5 Å². The number of benzene rings is 1. The number of likely N-dealkylation sites (tertiary alicyclic amines) is 1. The van der Waals surface area contributed by atoms with Crippen LogP contribution in [0.15, 0.2) is 18.2 Å². The number of H-pyrrole nitrogens is 1. The summed E-state index contributed by atoms with van der Waals surface area (Å²) in [6, 6.07) is 6.05. The highest BCUT2D eigenvalue weighted by atomic mass is 32.1. The molecule has 1 fully saturated rings. The molecule has 102 valence electrons. The Morgan fingerprint density at radius 2 is 2.05 bits per heavy atom. The summed E-state index contributed by atoms with van der Waals surface area (Å²) in [5.41, 5.74) is 2.20. The zero-order valence-electron chi connectivity index (χ0n) is 11.2. The van der Waals surface area contributed by atoms with Crippen molar-refractivity contribution in [2.24, 2.45) is 0 Å². The van der Waals surface area contributed by atoms with Crippen LogP contribution < -0.4 is 4.74 Å². The maximum Gasteiger partial charge on any atom is 0.178 e. The summed E-state index contributed by atoms with van der Waals surface area (Å²) in [6.45, 7) is 4.48. The Bertz CT molecular complexity index is 625. The summed E-state index contributed by atoms with van der Waals surface area (Å²) < 4.78 is 8.22. The number of ether oxygens (including phenoxy) is 1. The molecule has 3 rings (SSSR count). The molecule has 1 N–H and O–H groups in total. The lowest BCUT2D eigenvalue weighted by Crippen LogP contribution is -2.24. The molecule has 1 aliphatic rings. The predicted octanol–water partition coefficient (Wildman–Crippen LogP) is 2.80. The lowest BCUT2D eigenvalue weighted by Gasteiger charge is -2.15. The molecule has 19 heavy (non-hydrogen) atoms. The Kier molecular flexibility index (Phi) is 3.57. The van der Waals surface area contributed by atoms with Gasteiger partial charge in [0.2, 0.25) is 0 Å². The maximum atomic E-state index is 5.42. The molecule has 1 aliphatic heterocycles. The predicted molar refractivity (Wildman–Crippen MR) is 79.3 cm³/mol. The van der Waals surface area contributed by atoms with Crippen LogP contribution in [0.1, 0.15) is 12.8 Å². The first-order chi connectivity index (χ1) is 9.28. The van der Waals surface area contributed by atoms with E-state index >= 15 is 0 Å².